The summed E-state index contributed by atoms with van der Waals surface area (Å²) in [6.07, 6.45) is 8.03. The number of fused-ring (bicyclic) bond motifs is 3. The third kappa shape index (κ3) is 3.98. The molecule has 4 heterocycles. The Balaban J connectivity index is 1.53. The number of amides is 1. The minimum Gasteiger partial charge on any atom is -0.459 e. The summed E-state index contributed by atoms with van der Waals surface area (Å²) >= 11 is 0. The van der Waals surface area contributed by atoms with Gasteiger partial charge in [-0.3, -0.25) is 9.78 Å². The van der Waals surface area contributed by atoms with E-state index in [9.17, 15) is 4.79 Å². The number of furan rings is 1. The number of carbonyl (C=O) groups excluding carboxylic acids is 1. The van der Waals surface area contributed by atoms with Crippen LogP contribution in [0.2, 0.25) is 0 Å². The Morgan fingerprint density at radius 1 is 1.17 bits per heavy atom. The van der Waals surface area contributed by atoms with Crippen LogP contribution in [-0.4, -0.2) is 32.0 Å². The van der Waals surface area contributed by atoms with E-state index in [1.165, 1.54) is 6.26 Å². The number of imidazole rings is 1. The number of hydrogen-bond acceptors (Lipinski definition) is 6. The second kappa shape index (κ2) is 8.94. The van der Waals surface area contributed by atoms with Crippen LogP contribution in [-0.2, 0) is 13.0 Å². The number of unbranched alkanes of at least 4 members (excludes halogenated alkanes) is 2. The van der Waals surface area contributed by atoms with E-state index in [1.54, 1.807) is 18.3 Å². The fourth-order valence-corrected chi connectivity index (χ4v) is 3.63. The van der Waals surface area contributed by atoms with Gasteiger partial charge in [-0.25, -0.2) is 9.97 Å². The molecule has 3 N–H and O–H groups in total. The summed E-state index contributed by atoms with van der Waals surface area (Å²) in [5, 5.41) is 2.89. The second-order valence-corrected chi connectivity index (χ2v) is 7.29. The lowest BCUT2D eigenvalue weighted by atomic mass is 10.2. The monoisotopic (exact) mass is 406 g/mol. The van der Waals surface area contributed by atoms with Gasteiger partial charge in [0.2, 0.25) is 0 Å². The lowest BCUT2D eigenvalue weighted by Crippen LogP contribution is -2.24. The SMILES string of the molecule is CCCCc1nc2c(N)nc3cccnc3c2n1CCCCNC(=O)c1ccco1. The molecule has 1 amide bonds. The minimum atomic E-state index is -0.189. The summed E-state index contributed by atoms with van der Waals surface area (Å²) in [5.74, 6) is 1.59. The first kappa shape index (κ1) is 19.9. The minimum absolute atomic E-state index is 0.189. The van der Waals surface area contributed by atoms with E-state index in [-0.39, 0.29) is 5.91 Å². The van der Waals surface area contributed by atoms with Crippen LogP contribution in [0.1, 0.15) is 49.0 Å². The number of pyridine rings is 2. The van der Waals surface area contributed by atoms with Crippen molar-refractivity contribution in [3.8, 4) is 0 Å². The summed E-state index contributed by atoms with van der Waals surface area (Å²) in [6, 6.07) is 7.14. The van der Waals surface area contributed by atoms with Crippen LogP contribution in [0.5, 0.6) is 0 Å². The molecule has 8 heteroatoms. The number of rotatable bonds is 9. The third-order valence-corrected chi connectivity index (χ3v) is 5.13. The number of aromatic nitrogens is 4. The number of anilines is 1. The van der Waals surface area contributed by atoms with E-state index in [2.05, 4.69) is 26.8 Å². The van der Waals surface area contributed by atoms with Crippen LogP contribution in [0.4, 0.5) is 5.82 Å². The van der Waals surface area contributed by atoms with Gasteiger partial charge in [0.25, 0.3) is 5.91 Å². The Bertz CT molecular complexity index is 1150. The van der Waals surface area contributed by atoms with Gasteiger partial charge in [-0.15, -0.1) is 0 Å². The highest BCUT2D eigenvalue weighted by molar-refractivity contribution is 6.04. The van der Waals surface area contributed by atoms with Crippen molar-refractivity contribution in [2.75, 3.05) is 12.3 Å². The van der Waals surface area contributed by atoms with E-state index >= 15 is 0 Å². The van der Waals surface area contributed by atoms with Crippen molar-refractivity contribution in [2.45, 2.75) is 45.6 Å². The molecule has 0 aromatic carbocycles. The van der Waals surface area contributed by atoms with Crippen molar-refractivity contribution in [3.05, 3.63) is 48.3 Å². The average Bonchev–Trinajstić information content (AvgIpc) is 3.41. The summed E-state index contributed by atoms with van der Waals surface area (Å²) in [5.41, 5.74) is 9.48. The van der Waals surface area contributed by atoms with Crippen LogP contribution in [0, 0.1) is 0 Å². The van der Waals surface area contributed by atoms with Crippen LogP contribution in [0.3, 0.4) is 0 Å². The maximum Gasteiger partial charge on any atom is 0.286 e. The number of hydrogen-bond donors (Lipinski definition) is 2. The zero-order chi connectivity index (χ0) is 20.9. The van der Waals surface area contributed by atoms with E-state index in [0.717, 1.165) is 66.5 Å². The van der Waals surface area contributed by atoms with Gasteiger partial charge < -0.3 is 20.0 Å². The smallest absolute Gasteiger partial charge is 0.286 e. The number of nitrogens with zero attached hydrogens (tertiary/aromatic N) is 4. The molecule has 0 fully saturated rings. The highest BCUT2D eigenvalue weighted by atomic mass is 16.3. The summed E-state index contributed by atoms with van der Waals surface area (Å²) < 4.78 is 7.34. The highest BCUT2D eigenvalue weighted by Gasteiger charge is 2.17. The van der Waals surface area contributed by atoms with Crippen LogP contribution in [0.15, 0.2) is 41.1 Å². The second-order valence-electron chi connectivity index (χ2n) is 7.29. The third-order valence-electron chi connectivity index (χ3n) is 5.13. The van der Waals surface area contributed by atoms with Crippen molar-refractivity contribution >= 4 is 33.8 Å². The molecule has 0 atom stereocenters. The number of nitrogens with one attached hydrogen (secondary N) is 1. The predicted molar refractivity (Wildman–Crippen MR) is 116 cm³/mol. The molecule has 0 spiro atoms. The fraction of sp³-hybridized carbons (Fsp3) is 0.364. The molecule has 0 bridgehead atoms. The largest absolute Gasteiger partial charge is 0.459 e. The summed E-state index contributed by atoms with van der Waals surface area (Å²) in [4.78, 5) is 25.8. The fourth-order valence-electron chi connectivity index (χ4n) is 3.63. The molecule has 0 saturated heterocycles. The molecule has 0 aliphatic carbocycles. The zero-order valence-corrected chi connectivity index (χ0v) is 17.1. The quantitative estimate of drug-likeness (QED) is 0.410. The molecule has 0 saturated carbocycles. The highest BCUT2D eigenvalue weighted by Crippen LogP contribution is 2.28. The van der Waals surface area contributed by atoms with Crippen molar-refractivity contribution in [3.63, 3.8) is 0 Å². The van der Waals surface area contributed by atoms with Gasteiger partial charge in [-0.1, -0.05) is 13.3 Å². The number of nitrogens with two attached hydrogens (primary N) is 1. The van der Waals surface area contributed by atoms with Gasteiger partial charge in [0, 0.05) is 25.7 Å². The van der Waals surface area contributed by atoms with Gasteiger partial charge in [-0.2, -0.15) is 0 Å². The topological polar surface area (TPSA) is 112 Å². The standard InChI is InChI=1S/C22H26N6O2/c1-2-3-10-17-27-19-20(18-15(26-21(19)23)8-6-12-24-18)28(17)13-5-4-11-25-22(29)16-9-7-14-30-16/h6-9,12,14H,2-5,10-11,13H2,1H3,(H2,23,26)(H,25,29). The molecular weight excluding hydrogens is 380 g/mol. The Hall–Kier alpha value is -3.42. The summed E-state index contributed by atoms with van der Waals surface area (Å²) in [7, 11) is 0. The van der Waals surface area contributed by atoms with Crippen molar-refractivity contribution in [1.29, 1.82) is 0 Å². The number of carbonyl (C=O) groups is 1. The van der Waals surface area contributed by atoms with Crippen molar-refractivity contribution in [2.24, 2.45) is 0 Å². The van der Waals surface area contributed by atoms with Crippen LogP contribution in [0.25, 0.3) is 22.1 Å². The first-order valence-electron chi connectivity index (χ1n) is 10.4. The zero-order valence-electron chi connectivity index (χ0n) is 17.1. The molecule has 4 aromatic heterocycles. The van der Waals surface area contributed by atoms with Gasteiger partial charge in [0.05, 0.1) is 11.8 Å². The van der Waals surface area contributed by atoms with Crippen molar-refractivity contribution < 1.29 is 9.21 Å². The lowest BCUT2D eigenvalue weighted by molar-refractivity contribution is 0.0925. The van der Waals surface area contributed by atoms with Crippen LogP contribution >= 0.6 is 0 Å². The summed E-state index contributed by atoms with van der Waals surface area (Å²) in [6.45, 7) is 3.53. The molecule has 30 heavy (non-hydrogen) atoms. The maximum atomic E-state index is 12.0. The van der Waals surface area contributed by atoms with Gasteiger partial charge in [0.1, 0.15) is 22.4 Å². The Labute approximate surface area is 174 Å². The Kier molecular flexibility index (Phi) is 5.92. The molecule has 156 valence electrons. The van der Waals surface area contributed by atoms with E-state index in [0.29, 0.717) is 18.1 Å². The first-order valence-corrected chi connectivity index (χ1v) is 10.4. The molecule has 0 aliphatic rings. The first-order chi connectivity index (χ1) is 14.7. The van der Waals surface area contributed by atoms with E-state index in [4.69, 9.17) is 15.1 Å². The number of aryl methyl sites for hydroxylation is 2. The van der Waals surface area contributed by atoms with Gasteiger partial charge >= 0.3 is 0 Å². The molecule has 4 rings (SSSR count). The predicted octanol–water partition coefficient (Wildman–Crippen LogP) is 3.71. The number of nitrogen functional groups attached to an aromatic ring is 1. The molecule has 4 aromatic rings. The Morgan fingerprint density at radius 2 is 2.07 bits per heavy atom. The lowest BCUT2D eigenvalue weighted by Gasteiger charge is -2.11. The van der Waals surface area contributed by atoms with E-state index in [1.807, 2.05) is 12.1 Å². The van der Waals surface area contributed by atoms with Gasteiger partial charge in [-0.05, 0) is 43.5 Å². The normalized spacial score (nSPS) is 11.4. The van der Waals surface area contributed by atoms with Gasteiger partial charge in [0.15, 0.2) is 11.6 Å². The Morgan fingerprint density at radius 3 is 2.87 bits per heavy atom. The molecule has 0 aliphatic heterocycles. The molecular formula is C22H26N6O2. The maximum absolute atomic E-state index is 12.0. The molecule has 8 nitrogen and oxygen atoms in total. The molecule has 0 unspecified atom stereocenters. The van der Waals surface area contributed by atoms with Crippen LogP contribution < -0.4 is 11.1 Å². The molecule has 0 radical (unpaired) electrons. The van der Waals surface area contributed by atoms with E-state index < -0.39 is 0 Å². The van der Waals surface area contributed by atoms with Crippen molar-refractivity contribution in [1.82, 2.24) is 24.8 Å². The average molecular weight is 406 g/mol.